The predicted octanol–water partition coefficient (Wildman–Crippen LogP) is 2.70. The molecule has 0 aliphatic rings. The maximum absolute atomic E-state index is 7.60. The molecule has 0 fully saturated rings. The monoisotopic (exact) mass is 291 g/mol. The van der Waals surface area contributed by atoms with Gasteiger partial charge in [0.1, 0.15) is 0 Å². The van der Waals surface area contributed by atoms with Crippen LogP contribution in [0.2, 0.25) is 0 Å². The van der Waals surface area contributed by atoms with Crippen LogP contribution in [0, 0.1) is 8.98 Å². The molecule has 0 aromatic carbocycles. The summed E-state index contributed by atoms with van der Waals surface area (Å²) >= 11 is 2.24. The molecule has 0 amide bonds. The van der Waals surface area contributed by atoms with Crippen molar-refractivity contribution in [1.82, 2.24) is 9.78 Å². The summed E-state index contributed by atoms with van der Waals surface area (Å²) in [6.07, 6.45) is 6.64. The minimum atomic E-state index is 0.825. The molecule has 13 heavy (non-hydrogen) atoms. The predicted molar refractivity (Wildman–Crippen MR) is 62.2 cm³/mol. The van der Waals surface area contributed by atoms with Crippen LogP contribution in [-0.2, 0) is 6.54 Å². The summed E-state index contributed by atoms with van der Waals surface area (Å²) < 4.78 is 3.05. The third-order valence-corrected chi connectivity index (χ3v) is 2.35. The van der Waals surface area contributed by atoms with Gasteiger partial charge in [-0.15, -0.1) is 0 Å². The van der Waals surface area contributed by atoms with Crippen molar-refractivity contribution in [2.75, 3.05) is 0 Å². The zero-order valence-electron chi connectivity index (χ0n) is 7.76. The minimum absolute atomic E-state index is 0.825. The van der Waals surface area contributed by atoms with E-state index in [4.69, 9.17) is 5.41 Å². The third kappa shape index (κ3) is 3.89. The number of aryl methyl sites for hydroxylation is 1. The van der Waals surface area contributed by atoms with Crippen molar-refractivity contribution in [1.29, 1.82) is 5.41 Å². The summed E-state index contributed by atoms with van der Waals surface area (Å²) in [6.45, 7) is 2.94. The van der Waals surface area contributed by atoms with Crippen LogP contribution in [0.25, 0.3) is 0 Å². The van der Waals surface area contributed by atoms with Gasteiger partial charge in [0, 0.05) is 24.9 Å². The Bertz CT molecular complexity index is 280. The molecule has 1 aromatic heterocycles. The summed E-state index contributed by atoms with van der Waals surface area (Å²) in [5, 5.41) is 11.8. The van der Waals surface area contributed by atoms with Crippen molar-refractivity contribution in [2.24, 2.45) is 0 Å². The van der Waals surface area contributed by atoms with Crippen LogP contribution >= 0.6 is 22.6 Å². The third-order valence-electron chi connectivity index (χ3n) is 1.80. The minimum Gasteiger partial charge on any atom is -0.310 e. The van der Waals surface area contributed by atoms with Crippen molar-refractivity contribution < 1.29 is 0 Å². The molecule has 4 heteroatoms. The molecule has 1 N–H and O–H groups in total. The highest BCUT2D eigenvalue weighted by molar-refractivity contribution is 14.1. The Balaban J connectivity index is 2.30. The second-order valence-electron chi connectivity index (χ2n) is 3.03. The van der Waals surface area contributed by atoms with Crippen LogP contribution in [0.15, 0.2) is 12.4 Å². The lowest BCUT2D eigenvalue weighted by atomic mass is 10.2. The van der Waals surface area contributed by atoms with Gasteiger partial charge >= 0.3 is 0 Å². The summed E-state index contributed by atoms with van der Waals surface area (Å²) in [5.74, 6) is 0. The van der Waals surface area contributed by atoms with E-state index in [1.807, 2.05) is 17.1 Å². The fourth-order valence-electron chi connectivity index (χ4n) is 1.14. The van der Waals surface area contributed by atoms with Gasteiger partial charge in [0.05, 0.1) is 9.77 Å². The maximum atomic E-state index is 7.60. The zero-order valence-corrected chi connectivity index (χ0v) is 9.91. The van der Waals surface area contributed by atoms with Crippen LogP contribution in [0.1, 0.15) is 26.2 Å². The van der Waals surface area contributed by atoms with Gasteiger partial charge in [-0.3, -0.25) is 4.68 Å². The highest BCUT2D eigenvalue weighted by atomic mass is 127. The molecule has 1 rings (SSSR count). The zero-order chi connectivity index (χ0) is 9.68. The Hall–Kier alpha value is -0.390. The molecule has 0 unspecified atom stereocenters. The van der Waals surface area contributed by atoms with Gasteiger partial charge in [-0.1, -0.05) is 13.3 Å². The molecular formula is C9H14IN3. The number of halogens is 1. The lowest BCUT2D eigenvalue weighted by molar-refractivity contribution is 0.628. The summed E-state index contributed by atoms with van der Waals surface area (Å²) in [7, 11) is 0. The van der Waals surface area contributed by atoms with Crippen LogP contribution < -0.4 is 0 Å². The summed E-state index contributed by atoms with van der Waals surface area (Å²) in [4.78, 5) is 0. The number of hydrogen-bond acceptors (Lipinski definition) is 2. The SMILES string of the molecule is CCCC(=N)CCn1cc(I)cn1. The van der Waals surface area contributed by atoms with Crippen molar-refractivity contribution >= 4 is 28.3 Å². The highest BCUT2D eigenvalue weighted by Gasteiger charge is 1.98. The van der Waals surface area contributed by atoms with Crippen LogP contribution in [0.3, 0.4) is 0 Å². The standard InChI is InChI=1S/C9H14IN3/c1-2-3-9(11)4-5-13-7-8(10)6-12-13/h6-7,11H,2-5H2,1H3. The molecule has 72 valence electrons. The number of rotatable bonds is 5. The Morgan fingerprint density at radius 1 is 1.62 bits per heavy atom. The highest BCUT2D eigenvalue weighted by Crippen LogP contribution is 2.03. The molecule has 0 bridgehead atoms. The van der Waals surface area contributed by atoms with E-state index in [0.717, 1.165) is 35.1 Å². The Morgan fingerprint density at radius 2 is 2.38 bits per heavy atom. The van der Waals surface area contributed by atoms with Gasteiger partial charge < -0.3 is 5.41 Å². The average Bonchev–Trinajstić information content (AvgIpc) is 2.49. The number of nitrogens with one attached hydrogen (secondary N) is 1. The molecule has 0 aliphatic heterocycles. The summed E-state index contributed by atoms with van der Waals surface area (Å²) in [6, 6.07) is 0. The number of hydrogen-bond donors (Lipinski definition) is 1. The number of aromatic nitrogens is 2. The van der Waals surface area contributed by atoms with E-state index in [-0.39, 0.29) is 0 Å². The van der Waals surface area contributed by atoms with Crippen molar-refractivity contribution in [3.05, 3.63) is 16.0 Å². The Morgan fingerprint density at radius 3 is 2.92 bits per heavy atom. The molecule has 1 heterocycles. The first-order valence-electron chi connectivity index (χ1n) is 4.46. The molecular weight excluding hydrogens is 277 g/mol. The lowest BCUT2D eigenvalue weighted by Crippen LogP contribution is -2.04. The van der Waals surface area contributed by atoms with Crippen LogP contribution in [0.4, 0.5) is 0 Å². The van der Waals surface area contributed by atoms with Crippen molar-refractivity contribution in [3.63, 3.8) is 0 Å². The van der Waals surface area contributed by atoms with E-state index in [9.17, 15) is 0 Å². The van der Waals surface area contributed by atoms with Gasteiger partial charge in [-0.05, 0) is 29.0 Å². The van der Waals surface area contributed by atoms with Gasteiger partial charge in [0.25, 0.3) is 0 Å². The largest absolute Gasteiger partial charge is 0.310 e. The van der Waals surface area contributed by atoms with Gasteiger partial charge in [-0.25, -0.2) is 0 Å². The molecule has 3 nitrogen and oxygen atoms in total. The average molecular weight is 291 g/mol. The van der Waals surface area contributed by atoms with E-state index in [0.29, 0.717) is 0 Å². The normalized spacial score (nSPS) is 10.3. The molecule has 0 atom stereocenters. The molecule has 0 aliphatic carbocycles. The second kappa shape index (κ2) is 5.36. The van der Waals surface area contributed by atoms with E-state index < -0.39 is 0 Å². The molecule has 0 radical (unpaired) electrons. The van der Waals surface area contributed by atoms with Gasteiger partial charge in [0.15, 0.2) is 0 Å². The van der Waals surface area contributed by atoms with Gasteiger partial charge in [-0.2, -0.15) is 5.10 Å². The van der Waals surface area contributed by atoms with Crippen LogP contribution in [-0.4, -0.2) is 15.5 Å². The van der Waals surface area contributed by atoms with E-state index >= 15 is 0 Å². The Kier molecular flexibility index (Phi) is 4.41. The van der Waals surface area contributed by atoms with E-state index in [1.165, 1.54) is 0 Å². The molecule has 0 saturated heterocycles. The number of nitrogens with zero attached hydrogens (tertiary/aromatic N) is 2. The topological polar surface area (TPSA) is 41.7 Å². The molecule has 1 aromatic rings. The van der Waals surface area contributed by atoms with E-state index in [1.54, 1.807) is 0 Å². The lowest BCUT2D eigenvalue weighted by Gasteiger charge is -2.01. The fourth-order valence-corrected chi connectivity index (χ4v) is 1.58. The second-order valence-corrected chi connectivity index (χ2v) is 4.27. The first kappa shape index (κ1) is 10.7. The first-order valence-corrected chi connectivity index (χ1v) is 5.54. The Labute approximate surface area is 92.2 Å². The molecule has 0 saturated carbocycles. The van der Waals surface area contributed by atoms with Gasteiger partial charge in [0.2, 0.25) is 0 Å². The smallest absolute Gasteiger partial charge is 0.0623 e. The summed E-state index contributed by atoms with van der Waals surface area (Å²) in [5.41, 5.74) is 0.827. The van der Waals surface area contributed by atoms with E-state index in [2.05, 4.69) is 34.6 Å². The van der Waals surface area contributed by atoms with Crippen molar-refractivity contribution in [3.8, 4) is 0 Å². The molecule has 0 spiro atoms. The first-order chi connectivity index (χ1) is 6.22. The van der Waals surface area contributed by atoms with Crippen molar-refractivity contribution in [2.45, 2.75) is 32.7 Å². The quantitative estimate of drug-likeness (QED) is 0.657. The fraction of sp³-hybridized carbons (Fsp3) is 0.556. The van der Waals surface area contributed by atoms with Crippen LogP contribution in [0.5, 0.6) is 0 Å². The maximum Gasteiger partial charge on any atom is 0.0623 e.